The molecular weight excluding hydrogens is 546 g/mol. The van der Waals surface area contributed by atoms with Crippen LogP contribution in [0.2, 0.25) is 0 Å². The maximum atomic E-state index is 12.1. The number of esters is 4. The number of anilines is 2. The molecule has 0 radical (unpaired) electrons. The number of aryl methyl sites for hydroxylation is 1. The van der Waals surface area contributed by atoms with Crippen molar-refractivity contribution in [2.75, 3.05) is 65.0 Å². The molecule has 0 spiro atoms. The van der Waals surface area contributed by atoms with Gasteiger partial charge in [-0.15, -0.1) is 0 Å². The first-order chi connectivity index (χ1) is 19.5. The Morgan fingerprint density at radius 2 is 1.39 bits per heavy atom. The molecule has 0 aliphatic heterocycles. The molecule has 222 valence electrons. The summed E-state index contributed by atoms with van der Waals surface area (Å²) in [4.78, 5) is 60.3. The molecule has 41 heavy (non-hydrogen) atoms. The van der Waals surface area contributed by atoms with Crippen molar-refractivity contribution < 1.29 is 52.5 Å². The summed E-state index contributed by atoms with van der Waals surface area (Å²) >= 11 is 0. The fourth-order valence-electron chi connectivity index (χ4n) is 3.44. The van der Waals surface area contributed by atoms with Gasteiger partial charge in [-0.1, -0.05) is 6.07 Å². The topological polar surface area (TPSA) is 182 Å². The minimum absolute atomic E-state index is 0.0527. The predicted octanol–water partition coefficient (Wildman–Crippen LogP) is 1.64. The lowest BCUT2D eigenvalue weighted by Crippen LogP contribution is -2.39. The van der Waals surface area contributed by atoms with Gasteiger partial charge in [0.05, 0.1) is 50.8 Å². The van der Waals surface area contributed by atoms with E-state index in [-0.39, 0.29) is 43.4 Å². The second kappa shape index (κ2) is 15.5. The first kappa shape index (κ1) is 32.1. The van der Waals surface area contributed by atoms with Gasteiger partial charge in [-0.2, -0.15) is 0 Å². The van der Waals surface area contributed by atoms with E-state index in [0.29, 0.717) is 11.4 Å². The molecule has 0 bridgehead atoms. The summed E-state index contributed by atoms with van der Waals surface area (Å²) < 4.78 is 30.3. The van der Waals surface area contributed by atoms with E-state index in [1.54, 1.807) is 18.2 Å². The van der Waals surface area contributed by atoms with Crippen molar-refractivity contribution in [1.82, 2.24) is 0 Å². The summed E-state index contributed by atoms with van der Waals surface area (Å²) in [5, 5.41) is 13.9. The molecule has 0 atom stereocenters. The molecule has 2 rings (SSSR count). The summed E-state index contributed by atoms with van der Waals surface area (Å²) in [6.07, 6.45) is 0. The van der Waals surface area contributed by atoms with Crippen molar-refractivity contribution in [2.24, 2.45) is 0 Å². The van der Waals surface area contributed by atoms with Gasteiger partial charge >= 0.3 is 23.9 Å². The number of hydrogen-bond donors (Lipinski definition) is 1. The number of methoxy groups -OCH3 is 4. The maximum absolute atomic E-state index is 12.1. The fraction of sp³-hybridized carbons (Fsp3) is 0.385. The van der Waals surface area contributed by atoms with Crippen LogP contribution in [-0.4, -0.2) is 89.6 Å². The predicted molar refractivity (Wildman–Crippen MR) is 143 cm³/mol. The third-order valence-corrected chi connectivity index (χ3v) is 5.50. The van der Waals surface area contributed by atoms with E-state index in [1.165, 1.54) is 25.2 Å². The van der Waals surface area contributed by atoms with Gasteiger partial charge in [0.1, 0.15) is 37.8 Å². The number of nitro benzene ring substituents is 1. The summed E-state index contributed by atoms with van der Waals surface area (Å²) in [6.45, 7) is 1.08. The van der Waals surface area contributed by atoms with E-state index in [0.717, 1.165) is 31.9 Å². The minimum Gasteiger partial charge on any atom is -0.488 e. The molecule has 0 aliphatic rings. The van der Waals surface area contributed by atoms with Crippen LogP contribution in [0.4, 0.5) is 17.1 Å². The van der Waals surface area contributed by atoms with Crippen LogP contribution in [0.1, 0.15) is 5.56 Å². The Labute approximate surface area is 235 Å². The Morgan fingerprint density at radius 1 is 0.829 bits per heavy atom. The number of carbonyl (C=O) groups is 4. The molecule has 2 aromatic rings. The number of rotatable bonds is 15. The van der Waals surface area contributed by atoms with Crippen molar-refractivity contribution in [3.05, 3.63) is 52.1 Å². The third kappa shape index (κ3) is 9.26. The van der Waals surface area contributed by atoms with Crippen LogP contribution in [0.5, 0.6) is 11.5 Å². The highest BCUT2D eigenvalue weighted by molar-refractivity contribution is 6.02. The van der Waals surface area contributed by atoms with Crippen LogP contribution < -0.4 is 19.7 Å². The van der Waals surface area contributed by atoms with E-state index in [9.17, 15) is 29.3 Å². The summed E-state index contributed by atoms with van der Waals surface area (Å²) in [5.41, 5.74) is 1.00. The Bertz CT molecular complexity index is 1230. The van der Waals surface area contributed by atoms with Gasteiger partial charge in [0, 0.05) is 6.07 Å². The Hall–Kier alpha value is -5.08. The number of carbonyl (C=O) groups excluding carboxylic acids is 4. The molecule has 0 saturated carbocycles. The van der Waals surface area contributed by atoms with Gasteiger partial charge in [-0.05, 0) is 30.7 Å². The van der Waals surface area contributed by atoms with Crippen molar-refractivity contribution in [2.45, 2.75) is 13.0 Å². The average molecular weight is 578 g/mol. The van der Waals surface area contributed by atoms with Crippen molar-refractivity contribution in [1.29, 1.82) is 0 Å². The van der Waals surface area contributed by atoms with Crippen LogP contribution >= 0.6 is 0 Å². The Morgan fingerprint density at radius 3 is 1.90 bits per heavy atom. The van der Waals surface area contributed by atoms with Crippen LogP contribution in [0.15, 0.2) is 36.4 Å². The third-order valence-electron chi connectivity index (χ3n) is 5.50. The minimum atomic E-state index is -1.56. The van der Waals surface area contributed by atoms with Gasteiger partial charge < -0.3 is 38.6 Å². The van der Waals surface area contributed by atoms with Crippen LogP contribution in [0.25, 0.3) is 0 Å². The zero-order valence-electron chi connectivity index (χ0n) is 23.2. The monoisotopic (exact) mass is 577 g/mol. The van der Waals surface area contributed by atoms with Crippen LogP contribution in [0, 0.1) is 17.0 Å². The zero-order chi connectivity index (χ0) is 30.5. The summed E-state index contributed by atoms with van der Waals surface area (Å²) in [7, 11) is 4.61. The largest absolute Gasteiger partial charge is 0.488 e. The van der Waals surface area contributed by atoms with Crippen molar-refractivity contribution in [3.63, 3.8) is 0 Å². The van der Waals surface area contributed by atoms with Crippen molar-refractivity contribution in [3.8, 4) is 11.5 Å². The van der Waals surface area contributed by atoms with Gasteiger partial charge in [-0.25, -0.2) is 9.59 Å². The summed E-state index contributed by atoms with van der Waals surface area (Å²) in [6, 6.07) is 7.10. The van der Waals surface area contributed by atoms with Gasteiger partial charge in [0.2, 0.25) is 6.04 Å². The molecule has 1 N–H and O–H groups in total. The second-order valence-corrected chi connectivity index (χ2v) is 8.24. The molecule has 2 aromatic carbocycles. The molecule has 0 unspecified atom stereocenters. The first-order valence-corrected chi connectivity index (χ1v) is 12.0. The van der Waals surface area contributed by atoms with E-state index >= 15 is 0 Å². The van der Waals surface area contributed by atoms with Gasteiger partial charge in [0.15, 0.2) is 0 Å². The molecule has 0 aliphatic carbocycles. The molecule has 15 heteroatoms. The number of non-ortho nitro benzene ring substituents is 1. The van der Waals surface area contributed by atoms with E-state index in [2.05, 4.69) is 14.8 Å². The highest BCUT2D eigenvalue weighted by atomic mass is 16.6. The normalized spacial score (nSPS) is 10.3. The quantitative estimate of drug-likeness (QED) is 0.0805. The standard InChI is InChI=1S/C26H31N3O12/c1-16-6-9-19(28(14-22(30)36-2)15-23(31)37-3)21(12-16)41-11-10-40-20-13-17(29(34)35)7-8-18(20)27-24(25(32)38-4)26(33)39-5/h6-9,12-13,24,27H,10-11,14-15H2,1-5H3. The lowest BCUT2D eigenvalue weighted by atomic mass is 10.2. The van der Waals surface area contributed by atoms with Gasteiger partial charge in [0.25, 0.3) is 5.69 Å². The Balaban J connectivity index is 2.26. The molecule has 0 saturated heterocycles. The van der Waals surface area contributed by atoms with Crippen LogP contribution in [-0.2, 0) is 38.1 Å². The van der Waals surface area contributed by atoms with E-state index < -0.39 is 34.8 Å². The lowest BCUT2D eigenvalue weighted by molar-refractivity contribution is -0.384. The average Bonchev–Trinajstić information content (AvgIpc) is 2.97. The van der Waals surface area contributed by atoms with E-state index in [1.807, 2.05) is 6.92 Å². The number of nitrogens with one attached hydrogen (secondary N) is 1. The van der Waals surface area contributed by atoms with Gasteiger partial charge in [-0.3, -0.25) is 19.7 Å². The number of nitrogens with zero attached hydrogens (tertiary/aromatic N) is 2. The number of ether oxygens (including phenoxy) is 6. The second-order valence-electron chi connectivity index (χ2n) is 8.24. The number of hydrogen-bond acceptors (Lipinski definition) is 14. The van der Waals surface area contributed by atoms with Crippen molar-refractivity contribution >= 4 is 40.9 Å². The SMILES string of the molecule is COC(=O)CN(CC(=O)OC)c1ccc(C)cc1OCCOc1cc([N+](=O)[O-])ccc1NC(C(=O)OC)C(=O)OC. The summed E-state index contributed by atoms with van der Waals surface area (Å²) in [5.74, 6) is -2.81. The number of nitro groups is 1. The maximum Gasteiger partial charge on any atom is 0.340 e. The Kier molecular flexibility index (Phi) is 12.1. The fourth-order valence-corrected chi connectivity index (χ4v) is 3.44. The van der Waals surface area contributed by atoms with Crippen LogP contribution in [0.3, 0.4) is 0 Å². The highest BCUT2D eigenvalue weighted by Gasteiger charge is 2.30. The first-order valence-electron chi connectivity index (χ1n) is 12.0. The molecule has 0 fully saturated rings. The highest BCUT2D eigenvalue weighted by Crippen LogP contribution is 2.32. The molecule has 0 aromatic heterocycles. The molecule has 15 nitrogen and oxygen atoms in total. The lowest BCUT2D eigenvalue weighted by Gasteiger charge is -2.25. The smallest absolute Gasteiger partial charge is 0.340 e. The molecular formula is C26H31N3O12. The molecule has 0 heterocycles. The van der Waals surface area contributed by atoms with E-state index in [4.69, 9.17) is 18.9 Å². The number of benzene rings is 2. The zero-order valence-corrected chi connectivity index (χ0v) is 23.2. The molecule has 0 amide bonds.